The van der Waals surface area contributed by atoms with E-state index < -0.39 is 0 Å². The number of benzene rings is 2. The molecule has 3 rings (SSSR count). The number of amides is 1. The van der Waals surface area contributed by atoms with E-state index >= 15 is 0 Å². The van der Waals surface area contributed by atoms with E-state index in [9.17, 15) is 4.79 Å². The number of hydrogen-bond acceptors (Lipinski definition) is 4. The number of aromatic nitrogens is 2. The van der Waals surface area contributed by atoms with Crippen molar-refractivity contribution >= 4 is 23.2 Å². The molecule has 1 heterocycles. The summed E-state index contributed by atoms with van der Waals surface area (Å²) in [5.74, 6) is 1.69. The fourth-order valence-corrected chi connectivity index (χ4v) is 3.06. The van der Waals surface area contributed by atoms with E-state index in [1.165, 1.54) is 0 Å². The largest absolute Gasteiger partial charge is 0.497 e. The summed E-state index contributed by atoms with van der Waals surface area (Å²) in [5, 5.41) is 7.75. The molecule has 146 valence electrons. The van der Waals surface area contributed by atoms with Crippen molar-refractivity contribution in [3.8, 4) is 17.2 Å². The lowest BCUT2D eigenvalue weighted by atomic mass is 10.1. The average Bonchev–Trinajstić information content (AvgIpc) is 2.90. The van der Waals surface area contributed by atoms with E-state index in [4.69, 9.17) is 21.1 Å². The molecule has 0 aliphatic rings. The highest BCUT2D eigenvalue weighted by atomic mass is 35.5. The summed E-state index contributed by atoms with van der Waals surface area (Å²) in [6.07, 6.45) is 0.222. The van der Waals surface area contributed by atoms with E-state index in [0.29, 0.717) is 22.2 Å². The molecular weight excluding hydrogens is 378 g/mol. The lowest BCUT2D eigenvalue weighted by Crippen LogP contribution is -2.16. The monoisotopic (exact) mass is 399 g/mol. The predicted octanol–water partition coefficient (Wildman–Crippen LogP) is 4.67. The van der Waals surface area contributed by atoms with Gasteiger partial charge in [-0.05, 0) is 56.3 Å². The first-order chi connectivity index (χ1) is 13.4. The van der Waals surface area contributed by atoms with Gasteiger partial charge in [-0.3, -0.25) is 9.48 Å². The maximum absolute atomic E-state index is 12.6. The minimum Gasteiger partial charge on any atom is -0.497 e. The Morgan fingerprint density at radius 1 is 1.14 bits per heavy atom. The van der Waals surface area contributed by atoms with Crippen molar-refractivity contribution in [1.29, 1.82) is 0 Å². The molecule has 0 fully saturated rings. The topological polar surface area (TPSA) is 65.4 Å². The van der Waals surface area contributed by atoms with Crippen LogP contribution in [0.2, 0.25) is 5.02 Å². The molecule has 0 saturated carbocycles. The van der Waals surface area contributed by atoms with Crippen LogP contribution in [0.4, 0.5) is 5.69 Å². The Morgan fingerprint density at radius 2 is 1.82 bits per heavy atom. The molecule has 1 amide bonds. The molecule has 7 heteroatoms. The second-order valence-electron chi connectivity index (χ2n) is 6.42. The minimum atomic E-state index is -0.166. The first kappa shape index (κ1) is 19.8. The number of methoxy groups -OCH3 is 1. The van der Waals surface area contributed by atoms with Crippen molar-refractivity contribution in [3.05, 3.63) is 64.4 Å². The molecule has 1 aromatic heterocycles. The molecule has 6 nitrogen and oxygen atoms in total. The third kappa shape index (κ3) is 4.46. The molecule has 28 heavy (non-hydrogen) atoms. The van der Waals surface area contributed by atoms with Crippen LogP contribution < -0.4 is 14.8 Å². The third-order valence-electron chi connectivity index (χ3n) is 4.50. The zero-order valence-corrected chi connectivity index (χ0v) is 17.0. The lowest BCUT2D eigenvalue weighted by molar-refractivity contribution is -0.115. The molecule has 0 aliphatic carbocycles. The summed E-state index contributed by atoms with van der Waals surface area (Å²) in [5.41, 5.74) is 3.23. The Kier molecular flexibility index (Phi) is 5.90. The van der Waals surface area contributed by atoms with Crippen LogP contribution >= 0.6 is 11.6 Å². The number of rotatable bonds is 6. The summed E-state index contributed by atoms with van der Waals surface area (Å²) in [4.78, 5) is 12.6. The molecular formula is C21H22ClN3O3. The highest BCUT2D eigenvalue weighted by Crippen LogP contribution is 2.33. The zero-order valence-electron chi connectivity index (χ0n) is 16.2. The molecule has 0 unspecified atom stereocenters. The summed E-state index contributed by atoms with van der Waals surface area (Å²) >= 11 is 6.12. The van der Waals surface area contributed by atoms with Gasteiger partial charge in [0.15, 0.2) is 5.75 Å². The normalized spacial score (nSPS) is 10.6. The second kappa shape index (κ2) is 8.35. The highest BCUT2D eigenvalue weighted by Gasteiger charge is 2.15. The van der Waals surface area contributed by atoms with Crippen molar-refractivity contribution in [2.75, 3.05) is 12.4 Å². The van der Waals surface area contributed by atoms with Gasteiger partial charge in [-0.2, -0.15) is 5.10 Å². The van der Waals surface area contributed by atoms with Gasteiger partial charge in [0.05, 0.1) is 24.9 Å². The van der Waals surface area contributed by atoms with E-state index in [0.717, 1.165) is 22.7 Å². The molecule has 0 atom stereocenters. The van der Waals surface area contributed by atoms with Gasteiger partial charge in [0.2, 0.25) is 5.91 Å². The van der Waals surface area contributed by atoms with Crippen LogP contribution in [-0.4, -0.2) is 22.8 Å². The second-order valence-corrected chi connectivity index (χ2v) is 6.85. The number of nitrogens with zero attached hydrogens (tertiary/aromatic N) is 2. The molecule has 2 aromatic carbocycles. The van der Waals surface area contributed by atoms with Crippen LogP contribution in [0.3, 0.4) is 0 Å². The summed E-state index contributed by atoms with van der Waals surface area (Å²) in [6.45, 7) is 3.84. The molecule has 3 aromatic rings. The third-order valence-corrected chi connectivity index (χ3v) is 4.73. The summed E-state index contributed by atoms with van der Waals surface area (Å²) < 4.78 is 12.8. The Hall–Kier alpha value is -2.99. The molecule has 1 N–H and O–H groups in total. The Bertz CT molecular complexity index is 997. The molecule has 0 saturated heterocycles. The van der Waals surface area contributed by atoms with Crippen molar-refractivity contribution in [3.63, 3.8) is 0 Å². The van der Waals surface area contributed by atoms with Crippen molar-refractivity contribution < 1.29 is 14.3 Å². The number of nitrogens with one attached hydrogen (secondary N) is 1. The quantitative estimate of drug-likeness (QED) is 0.654. The number of anilines is 1. The van der Waals surface area contributed by atoms with Crippen LogP contribution in [0.1, 0.15) is 17.0 Å². The Morgan fingerprint density at radius 3 is 2.43 bits per heavy atom. The van der Waals surface area contributed by atoms with Gasteiger partial charge in [0.25, 0.3) is 0 Å². The van der Waals surface area contributed by atoms with E-state index in [-0.39, 0.29) is 12.3 Å². The highest BCUT2D eigenvalue weighted by molar-refractivity contribution is 6.31. The van der Waals surface area contributed by atoms with Crippen LogP contribution in [0.15, 0.2) is 42.5 Å². The number of carbonyl (C=O) groups excluding carboxylic acids is 1. The van der Waals surface area contributed by atoms with Gasteiger partial charge < -0.3 is 14.8 Å². The number of halogens is 1. The number of aryl methyl sites for hydroxylation is 2. The smallest absolute Gasteiger partial charge is 0.229 e. The zero-order chi connectivity index (χ0) is 20.3. The average molecular weight is 400 g/mol. The van der Waals surface area contributed by atoms with Gasteiger partial charge in [0.1, 0.15) is 11.5 Å². The maximum Gasteiger partial charge on any atom is 0.229 e. The molecule has 0 spiro atoms. The van der Waals surface area contributed by atoms with E-state index in [2.05, 4.69) is 10.4 Å². The first-order valence-corrected chi connectivity index (χ1v) is 9.15. The van der Waals surface area contributed by atoms with Gasteiger partial charge in [-0.15, -0.1) is 0 Å². The number of hydrogen-bond donors (Lipinski definition) is 1. The van der Waals surface area contributed by atoms with Crippen LogP contribution in [0.5, 0.6) is 17.2 Å². The van der Waals surface area contributed by atoms with E-state index in [1.807, 2.05) is 20.9 Å². The Labute approximate surface area is 169 Å². The summed E-state index contributed by atoms with van der Waals surface area (Å²) in [6, 6.07) is 12.3. The number of carbonyl (C=O) groups is 1. The number of ether oxygens (including phenoxy) is 2. The van der Waals surface area contributed by atoms with E-state index in [1.54, 1.807) is 54.3 Å². The molecule has 0 aliphatic heterocycles. The Balaban J connectivity index is 1.79. The van der Waals surface area contributed by atoms with Crippen molar-refractivity contribution in [1.82, 2.24) is 9.78 Å². The van der Waals surface area contributed by atoms with Crippen molar-refractivity contribution in [2.45, 2.75) is 20.3 Å². The molecule has 0 radical (unpaired) electrons. The summed E-state index contributed by atoms with van der Waals surface area (Å²) in [7, 11) is 3.47. The minimum absolute atomic E-state index is 0.166. The SMILES string of the molecule is COc1ccc(Oc2ccc(Cl)cc2NC(=O)Cc2c(C)nn(C)c2C)cc1. The van der Waals surface area contributed by atoms with Crippen LogP contribution in [-0.2, 0) is 18.3 Å². The fourth-order valence-electron chi connectivity index (χ4n) is 2.89. The van der Waals surface area contributed by atoms with Crippen molar-refractivity contribution in [2.24, 2.45) is 7.05 Å². The van der Waals surface area contributed by atoms with Gasteiger partial charge in [-0.25, -0.2) is 0 Å². The van der Waals surface area contributed by atoms with Gasteiger partial charge in [0, 0.05) is 23.3 Å². The molecule has 0 bridgehead atoms. The van der Waals surface area contributed by atoms with Crippen LogP contribution in [0, 0.1) is 13.8 Å². The fraction of sp³-hybridized carbons (Fsp3) is 0.238. The van der Waals surface area contributed by atoms with Gasteiger partial charge >= 0.3 is 0 Å². The van der Waals surface area contributed by atoms with Gasteiger partial charge in [-0.1, -0.05) is 11.6 Å². The maximum atomic E-state index is 12.6. The predicted molar refractivity (Wildman–Crippen MR) is 110 cm³/mol. The first-order valence-electron chi connectivity index (χ1n) is 8.77. The lowest BCUT2D eigenvalue weighted by Gasteiger charge is -2.13. The standard InChI is InChI=1S/C21H22ClN3O3/c1-13-18(14(2)25(3)24-13)12-21(26)23-19-11-15(22)5-10-20(19)28-17-8-6-16(27-4)7-9-17/h5-11H,12H2,1-4H3,(H,23,26). The van der Waals surface area contributed by atoms with Crippen LogP contribution in [0.25, 0.3) is 0 Å².